The van der Waals surface area contributed by atoms with Crippen LogP contribution >= 0.6 is 15.9 Å². The maximum absolute atomic E-state index is 11.9. The lowest BCUT2D eigenvalue weighted by Crippen LogP contribution is -2.19. The number of halogens is 1. The Balaban J connectivity index is 1.59. The number of amides is 1. The van der Waals surface area contributed by atoms with Crippen LogP contribution in [-0.4, -0.2) is 12.1 Å². The number of carbonyl (C=O) groups is 1. The van der Waals surface area contributed by atoms with Crippen LogP contribution in [0, 0.1) is 17.8 Å². The summed E-state index contributed by atoms with van der Waals surface area (Å²) in [6, 6.07) is 7.34. The summed E-state index contributed by atoms with van der Waals surface area (Å²) in [5.41, 5.74) is 3.21. The maximum atomic E-state index is 11.9. The number of allylic oxidation sites excluding steroid dienone is 2. The highest BCUT2D eigenvalue weighted by molar-refractivity contribution is 9.10. The van der Waals surface area contributed by atoms with Gasteiger partial charge in [-0.3, -0.25) is 4.79 Å². The summed E-state index contributed by atoms with van der Waals surface area (Å²) in [6.45, 7) is 0. The van der Waals surface area contributed by atoms with Crippen molar-refractivity contribution in [3.05, 3.63) is 46.5 Å². The number of nitrogens with zero attached hydrogens (tertiary/aromatic N) is 1. The number of nitrogens with one attached hydrogen (secondary N) is 1. The van der Waals surface area contributed by atoms with E-state index in [0.29, 0.717) is 17.4 Å². The molecule has 1 aromatic rings. The number of hydrogen-bond donors (Lipinski definition) is 1. The first-order valence-corrected chi connectivity index (χ1v) is 7.29. The molecule has 2 bridgehead atoms. The van der Waals surface area contributed by atoms with Crippen molar-refractivity contribution in [3.63, 3.8) is 0 Å². The smallest absolute Gasteiger partial charge is 0.267 e. The van der Waals surface area contributed by atoms with Gasteiger partial charge in [0.2, 0.25) is 0 Å². The minimum atomic E-state index is -0.178. The summed E-state index contributed by atoms with van der Waals surface area (Å²) >= 11 is 3.36. The van der Waals surface area contributed by atoms with Gasteiger partial charge in [0.05, 0.1) is 5.56 Å². The van der Waals surface area contributed by atoms with Gasteiger partial charge in [-0.25, -0.2) is 5.43 Å². The van der Waals surface area contributed by atoms with E-state index < -0.39 is 0 Å². The molecule has 1 N–H and O–H groups in total. The Labute approximate surface area is 120 Å². The zero-order valence-corrected chi connectivity index (χ0v) is 12.0. The second-order valence-corrected chi connectivity index (χ2v) is 6.00. The number of hydrazone groups is 1. The van der Waals surface area contributed by atoms with E-state index in [0.717, 1.165) is 16.8 Å². The molecule has 1 saturated carbocycles. The number of hydrogen-bond acceptors (Lipinski definition) is 2. The average Bonchev–Trinajstić information content (AvgIpc) is 3.01. The molecule has 3 atom stereocenters. The maximum Gasteiger partial charge on any atom is 0.272 e. The lowest BCUT2D eigenvalue weighted by molar-refractivity contribution is 0.0954. The van der Waals surface area contributed by atoms with Crippen LogP contribution < -0.4 is 5.43 Å². The van der Waals surface area contributed by atoms with E-state index in [1.165, 1.54) is 6.42 Å². The van der Waals surface area contributed by atoms with Gasteiger partial charge < -0.3 is 0 Å². The van der Waals surface area contributed by atoms with Gasteiger partial charge in [-0.15, -0.1) is 0 Å². The molecule has 2 aliphatic rings. The zero-order valence-electron chi connectivity index (χ0n) is 10.4. The van der Waals surface area contributed by atoms with Gasteiger partial charge in [0.1, 0.15) is 0 Å². The molecule has 98 valence electrons. The van der Waals surface area contributed by atoms with E-state index in [9.17, 15) is 4.79 Å². The molecule has 0 saturated heterocycles. The van der Waals surface area contributed by atoms with E-state index >= 15 is 0 Å². The van der Waals surface area contributed by atoms with Crippen LogP contribution in [-0.2, 0) is 0 Å². The van der Waals surface area contributed by atoms with Gasteiger partial charge in [-0.2, -0.15) is 5.10 Å². The topological polar surface area (TPSA) is 41.5 Å². The first-order chi connectivity index (χ1) is 9.24. The van der Waals surface area contributed by atoms with Crippen molar-refractivity contribution in [3.8, 4) is 0 Å². The van der Waals surface area contributed by atoms with Crippen molar-refractivity contribution in [2.24, 2.45) is 22.9 Å². The highest BCUT2D eigenvalue weighted by Crippen LogP contribution is 2.42. The second-order valence-electron chi connectivity index (χ2n) is 5.14. The molecule has 1 fully saturated rings. The fraction of sp³-hybridized carbons (Fsp3) is 0.333. The molecule has 0 unspecified atom stereocenters. The molecule has 3 rings (SSSR count). The van der Waals surface area contributed by atoms with Crippen molar-refractivity contribution < 1.29 is 4.79 Å². The van der Waals surface area contributed by atoms with Crippen LogP contribution in [0.25, 0.3) is 0 Å². The molecule has 3 nitrogen and oxygen atoms in total. The Morgan fingerprint density at radius 1 is 1.32 bits per heavy atom. The molecule has 2 aliphatic carbocycles. The third-order valence-corrected chi connectivity index (χ3v) is 4.57. The summed E-state index contributed by atoms with van der Waals surface area (Å²) in [4.78, 5) is 11.9. The molecule has 4 heteroatoms. The molecular weight excluding hydrogens is 304 g/mol. The first kappa shape index (κ1) is 12.6. The van der Waals surface area contributed by atoms with E-state index in [-0.39, 0.29) is 5.91 Å². The van der Waals surface area contributed by atoms with Gasteiger partial charge in [0.25, 0.3) is 5.91 Å². The number of rotatable bonds is 3. The molecule has 0 aliphatic heterocycles. The quantitative estimate of drug-likeness (QED) is 0.518. The standard InChI is InChI=1S/C15H15BrN2O/c16-14-4-2-1-3-13(14)15(19)18-17-9-12-8-10-5-6-11(12)7-10/h1-6,9-12H,7-8H2,(H,18,19)/b17-9-/t10-,11+,12+/m0/s1. The predicted octanol–water partition coefficient (Wildman–Crippen LogP) is 3.38. The van der Waals surface area contributed by atoms with Gasteiger partial charge in [-0.05, 0) is 52.7 Å². The lowest BCUT2D eigenvalue weighted by Gasteiger charge is -2.12. The second kappa shape index (κ2) is 5.29. The Hall–Kier alpha value is -1.42. The Bertz CT molecular complexity index is 553. The summed E-state index contributed by atoms with van der Waals surface area (Å²) in [5, 5.41) is 4.11. The summed E-state index contributed by atoms with van der Waals surface area (Å²) in [7, 11) is 0. The molecule has 0 radical (unpaired) electrons. The SMILES string of the molecule is O=C(N/N=C\[C@H]1C[C@H]2C=C[C@@H]1C2)c1ccccc1Br. The molecular formula is C15H15BrN2O. The molecule has 0 aromatic heterocycles. The fourth-order valence-corrected chi connectivity index (χ4v) is 3.36. The molecule has 0 heterocycles. The van der Waals surface area contributed by atoms with Crippen molar-refractivity contribution in [1.82, 2.24) is 5.43 Å². The number of fused-ring (bicyclic) bond motifs is 2. The molecule has 19 heavy (non-hydrogen) atoms. The fourth-order valence-electron chi connectivity index (χ4n) is 2.89. The normalized spacial score (nSPS) is 28.2. The van der Waals surface area contributed by atoms with Crippen LogP contribution in [0.1, 0.15) is 23.2 Å². The van der Waals surface area contributed by atoms with Crippen LogP contribution in [0.15, 0.2) is 46.0 Å². The van der Waals surface area contributed by atoms with Crippen molar-refractivity contribution in [1.29, 1.82) is 0 Å². The van der Waals surface area contributed by atoms with Crippen LogP contribution in [0.2, 0.25) is 0 Å². The summed E-state index contributed by atoms with van der Waals surface area (Å²) in [6.07, 6.45) is 8.88. The van der Waals surface area contributed by atoms with Crippen LogP contribution in [0.5, 0.6) is 0 Å². The first-order valence-electron chi connectivity index (χ1n) is 6.50. The van der Waals surface area contributed by atoms with Crippen molar-refractivity contribution in [2.45, 2.75) is 12.8 Å². The number of carbonyl (C=O) groups excluding carboxylic acids is 1. The molecule has 0 spiro atoms. The monoisotopic (exact) mass is 318 g/mol. The Morgan fingerprint density at radius 2 is 2.16 bits per heavy atom. The summed E-state index contributed by atoms with van der Waals surface area (Å²) in [5.74, 6) is 1.64. The Morgan fingerprint density at radius 3 is 2.84 bits per heavy atom. The minimum Gasteiger partial charge on any atom is -0.267 e. The summed E-state index contributed by atoms with van der Waals surface area (Å²) < 4.78 is 0.783. The van der Waals surface area contributed by atoms with Gasteiger partial charge in [0.15, 0.2) is 0 Å². The highest BCUT2D eigenvalue weighted by atomic mass is 79.9. The van der Waals surface area contributed by atoms with Crippen LogP contribution in [0.4, 0.5) is 0 Å². The molecule has 1 amide bonds. The largest absolute Gasteiger partial charge is 0.272 e. The van der Waals surface area contributed by atoms with Gasteiger partial charge in [-0.1, -0.05) is 24.3 Å². The zero-order chi connectivity index (χ0) is 13.2. The van der Waals surface area contributed by atoms with E-state index in [4.69, 9.17) is 0 Å². The third kappa shape index (κ3) is 2.63. The highest BCUT2D eigenvalue weighted by Gasteiger charge is 2.34. The van der Waals surface area contributed by atoms with E-state index in [2.05, 4.69) is 38.6 Å². The molecule has 1 aromatic carbocycles. The van der Waals surface area contributed by atoms with Gasteiger partial charge in [0, 0.05) is 16.6 Å². The Kier molecular flexibility index (Phi) is 3.51. The lowest BCUT2D eigenvalue weighted by atomic mass is 9.95. The third-order valence-electron chi connectivity index (χ3n) is 3.88. The number of benzene rings is 1. The minimum absolute atomic E-state index is 0.178. The van der Waals surface area contributed by atoms with Crippen LogP contribution in [0.3, 0.4) is 0 Å². The average molecular weight is 319 g/mol. The van der Waals surface area contributed by atoms with Crippen molar-refractivity contribution in [2.75, 3.05) is 0 Å². The van der Waals surface area contributed by atoms with E-state index in [1.807, 2.05) is 24.4 Å². The predicted molar refractivity (Wildman–Crippen MR) is 78.9 cm³/mol. The van der Waals surface area contributed by atoms with Gasteiger partial charge >= 0.3 is 0 Å². The van der Waals surface area contributed by atoms with E-state index in [1.54, 1.807) is 6.07 Å². The van der Waals surface area contributed by atoms with Crippen molar-refractivity contribution >= 4 is 28.1 Å².